The number of nitrogens with zero attached hydrogens (tertiary/aromatic N) is 2. The van der Waals surface area contributed by atoms with Crippen LogP contribution in [0.4, 0.5) is 0 Å². The molecule has 2 fully saturated rings. The average Bonchev–Trinajstić information content (AvgIpc) is 3.27. The van der Waals surface area contributed by atoms with Gasteiger partial charge in [-0.05, 0) is 51.3 Å². The topological polar surface area (TPSA) is 138 Å². The fourth-order valence-corrected chi connectivity index (χ4v) is 5.18. The molecule has 11 nitrogen and oxygen atoms in total. The van der Waals surface area contributed by atoms with Gasteiger partial charge in [0.2, 0.25) is 11.8 Å². The fourth-order valence-electron chi connectivity index (χ4n) is 4.82. The molecule has 3 N–H and O–H groups in total. The maximum atomic E-state index is 13.8. The second-order valence-electron chi connectivity index (χ2n) is 11.7. The molecule has 2 heterocycles. The summed E-state index contributed by atoms with van der Waals surface area (Å²) in [5.41, 5.74) is -0.281. The molecule has 0 spiro atoms. The molecule has 0 aliphatic carbocycles. The summed E-state index contributed by atoms with van der Waals surface area (Å²) in [5.74, 6) is -1.29. The monoisotopic (exact) mass is 624 g/mol. The van der Waals surface area contributed by atoms with E-state index in [0.29, 0.717) is 37.2 Å². The number of aliphatic hydroxyl groups excluding tert-OH is 1. The number of hydrogen-bond acceptors (Lipinski definition) is 7. The zero-order valence-corrected chi connectivity index (χ0v) is 25.5. The standard InChI is InChI=1S/C28H41BrN4O7/c1-17(2)12-21(26(37)33-15-19(34)14-22(33)27(38)32-8-10-39-11-9-32)30-25(36)20-13-18(29)6-7-23(20)40-16-24(35)31-28(3,4)5/h6-7,13,17,19,21-22,34H,8-12,14-16H2,1-5H3,(H,30,36)(H,31,35)/t19-,21+,22+/m0/s1. The molecule has 1 aromatic carbocycles. The van der Waals surface area contributed by atoms with Crippen LogP contribution in [0.5, 0.6) is 5.75 Å². The minimum atomic E-state index is -0.936. The third kappa shape index (κ3) is 8.90. The Bertz CT molecular complexity index is 1080. The van der Waals surface area contributed by atoms with Gasteiger partial charge in [0.1, 0.15) is 17.8 Å². The van der Waals surface area contributed by atoms with E-state index in [4.69, 9.17) is 9.47 Å². The van der Waals surface area contributed by atoms with E-state index in [9.17, 15) is 24.3 Å². The Morgan fingerprint density at radius 2 is 1.85 bits per heavy atom. The van der Waals surface area contributed by atoms with Crippen molar-refractivity contribution in [2.24, 2.45) is 5.92 Å². The number of benzene rings is 1. The molecule has 0 unspecified atom stereocenters. The number of ether oxygens (including phenoxy) is 2. The number of carbonyl (C=O) groups is 4. The van der Waals surface area contributed by atoms with Crippen LogP contribution in [0, 0.1) is 5.92 Å². The highest BCUT2D eigenvalue weighted by Gasteiger charge is 2.43. The predicted molar refractivity (Wildman–Crippen MR) is 152 cm³/mol. The largest absolute Gasteiger partial charge is 0.483 e. The molecular formula is C28H41BrN4O7. The lowest BCUT2D eigenvalue weighted by Crippen LogP contribution is -2.55. The summed E-state index contributed by atoms with van der Waals surface area (Å²) in [6, 6.07) is 3.09. The number of β-amino-alcohol motifs (C(OH)–C–C–N with tert-alkyl or cyclic N) is 1. The Labute approximate surface area is 244 Å². The normalized spacial score (nSPS) is 20.3. The molecule has 2 aliphatic heterocycles. The molecule has 0 saturated carbocycles. The van der Waals surface area contributed by atoms with Gasteiger partial charge in [0.25, 0.3) is 11.8 Å². The van der Waals surface area contributed by atoms with Crippen LogP contribution in [0.15, 0.2) is 22.7 Å². The van der Waals surface area contributed by atoms with Crippen molar-refractivity contribution in [3.63, 3.8) is 0 Å². The first-order valence-electron chi connectivity index (χ1n) is 13.6. The van der Waals surface area contributed by atoms with E-state index in [1.54, 1.807) is 23.1 Å². The van der Waals surface area contributed by atoms with E-state index in [2.05, 4.69) is 26.6 Å². The third-order valence-electron chi connectivity index (χ3n) is 6.54. The van der Waals surface area contributed by atoms with Crippen molar-refractivity contribution >= 4 is 39.6 Å². The van der Waals surface area contributed by atoms with Crippen LogP contribution in [0.25, 0.3) is 0 Å². The average molecular weight is 626 g/mol. The van der Waals surface area contributed by atoms with Gasteiger partial charge >= 0.3 is 0 Å². The van der Waals surface area contributed by atoms with Gasteiger partial charge in [0, 0.05) is 36.1 Å². The number of halogens is 1. The van der Waals surface area contributed by atoms with Gasteiger partial charge in [-0.15, -0.1) is 0 Å². The molecule has 2 saturated heterocycles. The highest BCUT2D eigenvalue weighted by molar-refractivity contribution is 9.10. The van der Waals surface area contributed by atoms with Gasteiger partial charge in [-0.1, -0.05) is 29.8 Å². The first kappa shape index (κ1) is 31.8. The second kappa shape index (κ2) is 13.8. The maximum absolute atomic E-state index is 13.8. The van der Waals surface area contributed by atoms with E-state index in [0.717, 1.165) is 0 Å². The highest BCUT2D eigenvalue weighted by atomic mass is 79.9. The van der Waals surface area contributed by atoms with Crippen molar-refractivity contribution in [2.45, 2.75) is 71.2 Å². The van der Waals surface area contributed by atoms with Gasteiger partial charge in [0.05, 0.1) is 24.9 Å². The van der Waals surface area contributed by atoms with E-state index in [-0.39, 0.29) is 48.6 Å². The first-order chi connectivity index (χ1) is 18.7. The van der Waals surface area contributed by atoms with Crippen LogP contribution in [-0.2, 0) is 19.1 Å². The minimum absolute atomic E-state index is 0.0121. The van der Waals surface area contributed by atoms with E-state index < -0.39 is 35.5 Å². The van der Waals surface area contributed by atoms with E-state index >= 15 is 0 Å². The molecule has 1 aromatic rings. The van der Waals surface area contributed by atoms with Gasteiger partial charge < -0.3 is 35.0 Å². The SMILES string of the molecule is CC(C)C[C@@H](NC(=O)c1cc(Br)ccc1OCC(=O)NC(C)(C)C)C(=O)N1C[C@@H](O)C[C@@H]1C(=O)N1CCOCC1. The Kier molecular flexibility index (Phi) is 11.0. The zero-order chi connectivity index (χ0) is 29.6. The van der Waals surface area contributed by atoms with E-state index in [1.165, 1.54) is 4.90 Å². The number of carbonyl (C=O) groups excluding carboxylic acids is 4. The second-order valence-corrected chi connectivity index (χ2v) is 12.6. The predicted octanol–water partition coefficient (Wildman–Crippen LogP) is 1.71. The van der Waals surface area contributed by atoms with Crippen molar-refractivity contribution in [3.8, 4) is 5.75 Å². The van der Waals surface area contributed by atoms with Crippen molar-refractivity contribution in [2.75, 3.05) is 39.5 Å². The number of morpholine rings is 1. The summed E-state index contributed by atoms with van der Waals surface area (Å²) in [6.07, 6.45) is -0.364. The highest BCUT2D eigenvalue weighted by Crippen LogP contribution is 2.26. The molecule has 40 heavy (non-hydrogen) atoms. The number of nitrogens with one attached hydrogen (secondary N) is 2. The minimum Gasteiger partial charge on any atom is -0.483 e. The molecule has 2 aliphatic rings. The number of likely N-dealkylation sites (tertiary alicyclic amines) is 1. The number of aliphatic hydroxyl groups is 1. The Morgan fingerprint density at radius 3 is 2.48 bits per heavy atom. The smallest absolute Gasteiger partial charge is 0.258 e. The summed E-state index contributed by atoms with van der Waals surface area (Å²) in [7, 11) is 0. The van der Waals surface area contributed by atoms with Crippen molar-refractivity contribution in [3.05, 3.63) is 28.2 Å². The molecule has 12 heteroatoms. The summed E-state index contributed by atoms with van der Waals surface area (Å²) in [5, 5.41) is 16.0. The quantitative estimate of drug-likeness (QED) is 0.380. The lowest BCUT2D eigenvalue weighted by molar-refractivity contribution is -0.147. The van der Waals surface area contributed by atoms with Crippen molar-refractivity contribution in [1.29, 1.82) is 0 Å². The van der Waals surface area contributed by atoms with Crippen molar-refractivity contribution in [1.82, 2.24) is 20.4 Å². The molecule has 0 bridgehead atoms. The van der Waals surface area contributed by atoms with Crippen LogP contribution in [0.2, 0.25) is 0 Å². The molecule has 3 rings (SSSR count). The Hall–Kier alpha value is -2.70. The number of amides is 4. The first-order valence-corrected chi connectivity index (χ1v) is 14.4. The summed E-state index contributed by atoms with van der Waals surface area (Å²) in [4.78, 5) is 55.9. The fraction of sp³-hybridized carbons (Fsp3) is 0.643. The Balaban J connectivity index is 1.78. The van der Waals surface area contributed by atoms with Gasteiger partial charge in [-0.2, -0.15) is 0 Å². The summed E-state index contributed by atoms with van der Waals surface area (Å²) < 4.78 is 11.6. The molecule has 0 radical (unpaired) electrons. The lowest BCUT2D eigenvalue weighted by Gasteiger charge is -2.34. The molecule has 0 aromatic heterocycles. The van der Waals surface area contributed by atoms with Crippen LogP contribution in [0.1, 0.15) is 57.8 Å². The van der Waals surface area contributed by atoms with Crippen LogP contribution in [0.3, 0.4) is 0 Å². The molecule has 4 amide bonds. The molecule has 222 valence electrons. The summed E-state index contributed by atoms with van der Waals surface area (Å²) >= 11 is 3.37. The number of rotatable bonds is 9. The molecular weight excluding hydrogens is 584 g/mol. The maximum Gasteiger partial charge on any atom is 0.258 e. The zero-order valence-electron chi connectivity index (χ0n) is 23.9. The number of hydrogen-bond donors (Lipinski definition) is 3. The van der Waals surface area contributed by atoms with E-state index in [1.807, 2.05) is 34.6 Å². The van der Waals surface area contributed by atoms with Gasteiger partial charge in [-0.3, -0.25) is 19.2 Å². The molecule has 3 atom stereocenters. The van der Waals surface area contributed by atoms with Crippen LogP contribution >= 0.6 is 15.9 Å². The third-order valence-corrected chi connectivity index (χ3v) is 7.03. The van der Waals surface area contributed by atoms with Crippen LogP contribution < -0.4 is 15.4 Å². The van der Waals surface area contributed by atoms with Gasteiger partial charge in [-0.25, -0.2) is 0 Å². The summed E-state index contributed by atoms with van der Waals surface area (Å²) in [6.45, 7) is 10.9. The van der Waals surface area contributed by atoms with Gasteiger partial charge in [0.15, 0.2) is 6.61 Å². The van der Waals surface area contributed by atoms with Crippen LogP contribution in [-0.4, -0.2) is 102 Å². The Morgan fingerprint density at radius 1 is 1.18 bits per heavy atom. The lowest BCUT2D eigenvalue weighted by atomic mass is 10.0. The van der Waals surface area contributed by atoms with Crippen molar-refractivity contribution < 1.29 is 33.8 Å².